The summed E-state index contributed by atoms with van der Waals surface area (Å²) in [5.41, 5.74) is 2.38. The molecule has 2 aromatic heterocycles. The van der Waals surface area contributed by atoms with Crippen LogP contribution in [0.3, 0.4) is 0 Å². The molecule has 0 amide bonds. The lowest BCUT2D eigenvalue weighted by Gasteiger charge is -2.11. The molecule has 9 nitrogen and oxygen atoms in total. The van der Waals surface area contributed by atoms with Crippen LogP contribution in [0, 0.1) is 0 Å². The largest absolute Gasteiger partial charge is 0.421 e. The van der Waals surface area contributed by atoms with Crippen LogP contribution in [-0.2, 0) is 6.54 Å². The van der Waals surface area contributed by atoms with Gasteiger partial charge in [-0.1, -0.05) is 6.92 Å². The number of aryl methyl sites for hydroxylation is 1. The first-order chi connectivity index (χ1) is 9.62. The van der Waals surface area contributed by atoms with Crippen molar-refractivity contribution >= 4 is 11.9 Å². The molecule has 0 aliphatic rings. The van der Waals surface area contributed by atoms with Crippen molar-refractivity contribution in [2.75, 3.05) is 24.4 Å². The summed E-state index contributed by atoms with van der Waals surface area (Å²) in [6.07, 6.45) is 4.40. The lowest BCUT2D eigenvalue weighted by atomic mass is 10.5. The Kier molecular flexibility index (Phi) is 4.31. The molecule has 0 radical (unpaired) electrons. The number of hydrogen-bond donors (Lipinski definition) is 2. The number of rotatable bonds is 6. The van der Waals surface area contributed by atoms with Crippen molar-refractivity contribution in [3.05, 3.63) is 12.4 Å². The van der Waals surface area contributed by atoms with E-state index in [2.05, 4.69) is 32.4 Å². The molecule has 20 heavy (non-hydrogen) atoms. The number of nitrogen functional groups attached to an aromatic ring is 1. The third-order valence-corrected chi connectivity index (χ3v) is 2.40. The second-order valence-corrected chi connectivity index (χ2v) is 4.32. The van der Waals surface area contributed by atoms with Crippen LogP contribution in [0.4, 0.5) is 11.9 Å². The highest BCUT2D eigenvalue weighted by Crippen LogP contribution is 2.19. The Morgan fingerprint density at radius 1 is 1.35 bits per heavy atom. The van der Waals surface area contributed by atoms with Crippen molar-refractivity contribution < 1.29 is 4.74 Å². The molecule has 0 unspecified atom stereocenters. The number of anilines is 2. The van der Waals surface area contributed by atoms with Gasteiger partial charge in [0.1, 0.15) is 0 Å². The SMILES string of the molecule is CCCn1cc(Oc2nc(NN)nc(N(C)C)n2)cn1. The van der Waals surface area contributed by atoms with Crippen molar-refractivity contribution in [1.82, 2.24) is 24.7 Å². The normalized spacial score (nSPS) is 10.4. The molecule has 9 heteroatoms. The summed E-state index contributed by atoms with van der Waals surface area (Å²) in [4.78, 5) is 14.0. The first kappa shape index (κ1) is 14.0. The Bertz CT molecular complexity index is 567. The van der Waals surface area contributed by atoms with Crippen LogP contribution < -0.4 is 20.9 Å². The number of nitrogens with one attached hydrogen (secondary N) is 1. The number of ether oxygens (including phenoxy) is 1. The summed E-state index contributed by atoms with van der Waals surface area (Å²) in [6.45, 7) is 2.91. The van der Waals surface area contributed by atoms with E-state index in [1.807, 2.05) is 14.1 Å². The predicted molar refractivity (Wildman–Crippen MR) is 74.6 cm³/mol. The standard InChI is InChI=1S/C11H18N8O/c1-4-5-19-7-8(6-13-19)20-11-15-9(17-12)14-10(16-11)18(2)3/h6-7H,4-5,12H2,1-3H3,(H,14,15,16,17). The van der Waals surface area contributed by atoms with E-state index in [1.54, 1.807) is 22.0 Å². The molecular formula is C11H18N8O. The van der Waals surface area contributed by atoms with E-state index < -0.39 is 0 Å². The second kappa shape index (κ2) is 6.15. The van der Waals surface area contributed by atoms with Gasteiger partial charge in [0.2, 0.25) is 11.9 Å². The van der Waals surface area contributed by atoms with Gasteiger partial charge in [-0.15, -0.1) is 0 Å². The molecule has 0 bridgehead atoms. The molecule has 2 rings (SSSR count). The molecule has 0 atom stereocenters. The summed E-state index contributed by atoms with van der Waals surface area (Å²) >= 11 is 0. The fourth-order valence-corrected chi connectivity index (χ4v) is 1.51. The minimum absolute atomic E-state index is 0.160. The lowest BCUT2D eigenvalue weighted by Crippen LogP contribution is -2.17. The molecule has 0 spiro atoms. The molecule has 0 saturated carbocycles. The van der Waals surface area contributed by atoms with Crippen LogP contribution in [0.5, 0.6) is 11.8 Å². The summed E-state index contributed by atoms with van der Waals surface area (Å²) in [5, 5.41) is 4.17. The molecular weight excluding hydrogens is 260 g/mol. The van der Waals surface area contributed by atoms with Crippen molar-refractivity contribution in [2.45, 2.75) is 19.9 Å². The average molecular weight is 278 g/mol. The van der Waals surface area contributed by atoms with E-state index in [1.165, 1.54) is 0 Å². The predicted octanol–water partition coefficient (Wildman–Crippen LogP) is 0.622. The first-order valence-corrected chi connectivity index (χ1v) is 6.22. The second-order valence-electron chi connectivity index (χ2n) is 4.32. The molecule has 0 saturated heterocycles. The van der Waals surface area contributed by atoms with Gasteiger partial charge in [0.05, 0.1) is 12.4 Å². The van der Waals surface area contributed by atoms with Crippen LogP contribution in [0.1, 0.15) is 13.3 Å². The van der Waals surface area contributed by atoms with Crippen molar-refractivity contribution in [3.8, 4) is 11.8 Å². The molecule has 0 aliphatic carbocycles. The van der Waals surface area contributed by atoms with Crippen LogP contribution in [0.25, 0.3) is 0 Å². The van der Waals surface area contributed by atoms with Gasteiger partial charge < -0.3 is 9.64 Å². The third kappa shape index (κ3) is 3.32. The Morgan fingerprint density at radius 3 is 2.80 bits per heavy atom. The monoisotopic (exact) mass is 278 g/mol. The minimum atomic E-state index is 0.160. The highest BCUT2D eigenvalue weighted by molar-refractivity contribution is 5.36. The number of hydrazine groups is 1. The maximum Gasteiger partial charge on any atom is 0.328 e. The van der Waals surface area contributed by atoms with Crippen LogP contribution in [-0.4, -0.2) is 38.8 Å². The molecule has 0 fully saturated rings. The Morgan fingerprint density at radius 2 is 2.15 bits per heavy atom. The number of nitrogens with zero attached hydrogens (tertiary/aromatic N) is 6. The van der Waals surface area contributed by atoms with Gasteiger partial charge in [0.15, 0.2) is 5.75 Å². The third-order valence-electron chi connectivity index (χ3n) is 2.40. The maximum absolute atomic E-state index is 5.57. The fourth-order valence-electron chi connectivity index (χ4n) is 1.51. The summed E-state index contributed by atoms with van der Waals surface area (Å²) < 4.78 is 7.37. The molecule has 3 N–H and O–H groups in total. The molecule has 0 aliphatic heterocycles. The number of hydrogen-bond acceptors (Lipinski definition) is 8. The van der Waals surface area contributed by atoms with Gasteiger partial charge in [0.25, 0.3) is 0 Å². The van der Waals surface area contributed by atoms with Gasteiger partial charge >= 0.3 is 6.01 Å². The van der Waals surface area contributed by atoms with Crippen molar-refractivity contribution in [1.29, 1.82) is 0 Å². The highest BCUT2D eigenvalue weighted by atomic mass is 16.5. The smallest absolute Gasteiger partial charge is 0.328 e. The molecule has 2 aromatic rings. The fraction of sp³-hybridized carbons (Fsp3) is 0.455. The Labute approximate surface area is 116 Å². The van der Waals surface area contributed by atoms with Gasteiger partial charge in [-0.2, -0.15) is 20.1 Å². The average Bonchev–Trinajstić information content (AvgIpc) is 2.86. The summed E-state index contributed by atoms with van der Waals surface area (Å²) in [6, 6.07) is 0.160. The molecule has 0 aromatic carbocycles. The van der Waals surface area contributed by atoms with Crippen molar-refractivity contribution in [2.24, 2.45) is 5.84 Å². The minimum Gasteiger partial charge on any atom is -0.421 e. The zero-order valence-electron chi connectivity index (χ0n) is 11.7. The van der Waals surface area contributed by atoms with Gasteiger partial charge in [-0.3, -0.25) is 10.1 Å². The van der Waals surface area contributed by atoms with E-state index in [9.17, 15) is 0 Å². The van der Waals surface area contributed by atoms with Crippen LogP contribution in [0.2, 0.25) is 0 Å². The summed E-state index contributed by atoms with van der Waals surface area (Å²) in [7, 11) is 3.64. The zero-order chi connectivity index (χ0) is 14.5. The Hall–Kier alpha value is -2.42. The Balaban J connectivity index is 2.20. The summed E-state index contributed by atoms with van der Waals surface area (Å²) in [5.74, 6) is 6.58. The number of nitrogens with two attached hydrogens (primary N) is 1. The van der Waals surface area contributed by atoms with Crippen LogP contribution >= 0.6 is 0 Å². The quantitative estimate of drug-likeness (QED) is 0.585. The van der Waals surface area contributed by atoms with E-state index in [4.69, 9.17) is 10.6 Å². The topological polar surface area (TPSA) is 107 Å². The van der Waals surface area contributed by atoms with Gasteiger partial charge in [-0.05, 0) is 6.42 Å². The number of aromatic nitrogens is 5. The zero-order valence-corrected chi connectivity index (χ0v) is 11.7. The van der Waals surface area contributed by atoms with Crippen LogP contribution in [0.15, 0.2) is 12.4 Å². The van der Waals surface area contributed by atoms with E-state index in [-0.39, 0.29) is 12.0 Å². The van der Waals surface area contributed by atoms with E-state index in [0.29, 0.717) is 11.7 Å². The van der Waals surface area contributed by atoms with E-state index in [0.717, 1.165) is 13.0 Å². The maximum atomic E-state index is 5.57. The van der Waals surface area contributed by atoms with Gasteiger partial charge in [-0.25, -0.2) is 5.84 Å². The highest BCUT2D eigenvalue weighted by Gasteiger charge is 2.10. The first-order valence-electron chi connectivity index (χ1n) is 6.22. The van der Waals surface area contributed by atoms with Gasteiger partial charge in [0, 0.05) is 20.6 Å². The van der Waals surface area contributed by atoms with Crippen molar-refractivity contribution in [3.63, 3.8) is 0 Å². The lowest BCUT2D eigenvalue weighted by molar-refractivity contribution is 0.439. The molecule has 2 heterocycles. The molecule has 108 valence electrons. The van der Waals surface area contributed by atoms with E-state index >= 15 is 0 Å².